The van der Waals surface area contributed by atoms with Gasteiger partial charge in [0.1, 0.15) is 0 Å². The Labute approximate surface area is 164 Å². The summed E-state index contributed by atoms with van der Waals surface area (Å²) in [6.45, 7) is 2.17. The van der Waals surface area contributed by atoms with Gasteiger partial charge in [0.2, 0.25) is 0 Å². The molecule has 140 valence electrons. The van der Waals surface area contributed by atoms with E-state index >= 15 is 0 Å². The first-order valence-corrected chi connectivity index (χ1v) is 9.25. The fourth-order valence-corrected chi connectivity index (χ4v) is 3.99. The average molecular weight is 370 g/mol. The first-order chi connectivity index (χ1) is 13.4. The molecule has 0 radical (unpaired) electrons. The van der Waals surface area contributed by atoms with Gasteiger partial charge < -0.3 is 15.4 Å². The molecule has 0 amide bonds. The van der Waals surface area contributed by atoms with Crippen LogP contribution in [0.25, 0.3) is 5.57 Å². The van der Waals surface area contributed by atoms with E-state index in [0.717, 1.165) is 33.5 Å². The molecule has 0 bridgehead atoms. The lowest BCUT2D eigenvalue weighted by Crippen LogP contribution is -2.17. The molecule has 0 saturated carbocycles. The van der Waals surface area contributed by atoms with E-state index in [2.05, 4.69) is 30.0 Å². The highest BCUT2D eigenvalue weighted by Crippen LogP contribution is 2.47. The van der Waals surface area contributed by atoms with E-state index in [-0.39, 0.29) is 11.5 Å². The zero-order chi connectivity index (χ0) is 20.0. The number of anilines is 1. The van der Waals surface area contributed by atoms with Crippen LogP contribution in [0.5, 0.6) is 0 Å². The van der Waals surface area contributed by atoms with E-state index in [9.17, 15) is 9.90 Å². The van der Waals surface area contributed by atoms with Gasteiger partial charge in [-0.25, -0.2) is 4.79 Å². The monoisotopic (exact) mass is 370 g/mol. The van der Waals surface area contributed by atoms with Crippen LogP contribution in [0.1, 0.15) is 39.9 Å². The smallest absolute Gasteiger partial charge is 0.335 e. The Morgan fingerprint density at radius 3 is 2.61 bits per heavy atom. The second-order valence-electron chi connectivity index (χ2n) is 7.45. The van der Waals surface area contributed by atoms with E-state index in [4.69, 9.17) is 5.41 Å². The summed E-state index contributed by atoms with van der Waals surface area (Å²) in [6.07, 6.45) is 5.71. The van der Waals surface area contributed by atoms with Crippen molar-refractivity contribution in [3.8, 4) is 0 Å². The molecular formula is C24H22N2O2. The number of carboxylic acid groups (broad SMARTS) is 1. The van der Waals surface area contributed by atoms with Crippen LogP contribution in [0.2, 0.25) is 0 Å². The van der Waals surface area contributed by atoms with Gasteiger partial charge in [0, 0.05) is 25.7 Å². The molecule has 1 atom stereocenters. The largest absolute Gasteiger partial charge is 0.478 e. The maximum Gasteiger partial charge on any atom is 0.335 e. The standard InChI is InChI=1S/C24H22N2O2/c1-14-21-12-17(25)7-9-19(21)23(15-5-4-6-16(11-15)24(27)28)20-10-8-18(26(2)3)13-22(14)20/h4-14,25H,1-3H3,(H,27,28). The Morgan fingerprint density at radius 1 is 1.11 bits per heavy atom. The average Bonchev–Trinajstić information content (AvgIpc) is 2.68. The molecule has 4 rings (SSSR count). The molecule has 2 aliphatic carbocycles. The molecule has 0 saturated heterocycles. The molecular weight excluding hydrogens is 348 g/mol. The Morgan fingerprint density at radius 2 is 1.89 bits per heavy atom. The summed E-state index contributed by atoms with van der Waals surface area (Å²) in [6, 6.07) is 13.5. The molecule has 2 aliphatic rings. The first kappa shape index (κ1) is 18.0. The molecule has 4 heteroatoms. The normalized spacial score (nSPS) is 17.8. The molecule has 28 heavy (non-hydrogen) atoms. The minimum absolute atomic E-state index is 0.154. The number of hydrogen-bond acceptors (Lipinski definition) is 3. The lowest BCUT2D eigenvalue weighted by atomic mass is 9.72. The number of allylic oxidation sites excluding steroid dienone is 5. The Kier molecular flexibility index (Phi) is 4.27. The molecule has 0 aliphatic heterocycles. The third kappa shape index (κ3) is 2.87. The third-order valence-corrected chi connectivity index (χ3v) is 5.47. The fourth-order valence-electron chi connectivity index (χ4n) is 3.99. The van der Waals surface area contributed by atoms with Crippen molar-refractivity contribution in [2.75, 3.05) is 19.0 Å². The Balaban J connectivity index is 2.02. The molecule has 4 nitrogen and oxygen atoms in total. The topological polar surface area (TPSA) is 64.4 Å². The van der Waals surface area contributed by atoms with Gasteiger partial charge in [-0.2, -0.15) is 0 Å². The summed E-state index contributed by atoms with van der Waals surface area (Å²) in [7, 11) is 4.04. The third-order valence-electron chi connectivity index (χ3n) is 5.47. The zero-order valence-corrected chi connectivity index (χ0v) is 16.2. The van der Waals surface area contributed by atoms with E-state index < -0.39 is 5.97 Å². The number of hydrogen-bond donors (Lipinski definition) is 2. The van der Waals surface area contributed by atoms with Gasteiger partial charge in [-0.15, -0.1) is 0 Å². The van der Waals surface area contributed by atoms with Crippen molar-refractivity contribution in [1.82, 2.24) is 0 Å². The van der Waals surface area contributed by atoms with Crippen LogP contribution in [0.15, 0.2) is 71.8 Å². The van der Waals surface area contributed by atoms with Crippen molar-refractivity contribution in [2.45, 2.75) is 12.8 Å². The summed E-state index contributed by atoms with van der Waals surface area (Å²) in [4.78, 5) is 13.6. The van der Waals surface area contributed by atoms with Gasteiger partial charge in [0.05, 0.1) is 11.3 Å². The predicted octanol–water partition coefficient (Wildman–Crippen LogP) is 4.89. The minimum atomic E-state index is -0.934. The van der Waals surface area contributed by atoms with Crippen LogP contribution < -0.4 is 4.90 Å². The summed E-state index contributed by atoms with van der Waals surface area (Å²) in [5.41, 5.74) is 8.26. The van der Waals surface area contributed by atoms with Crippen molar-refractivity contribution in [3.63, 3.8) is 0 Å². The number of rotatable bonds is 3. The summed E-state index contributed by atoms with van der Waals surface area (Å²) < 4.78 is 0. The number of carbonyl (C=O) groups is 1. The summed E-state index contributed by atoms with van der Waals surface area (Å²) in [5, 5.41) is 17.5. The maximum absolute atomic E-state index is 11.5. The highest BCUT2D eigenvalue weighted by atomic mass is 16.4. The maximum atomic E-state index is 11.5. The minimum Gasteiger partial charge on any atom is -0.478 e. The highest BCUT2D eigenvalue weighted by Gasteiger charge is 2.30. The fraction of sp³-hybridized carbons (Fsp3) is 0.167. The molecule has 0 aromatic heterocycles. The number of fused-ring (bicyclic) bond motifs is 2. The van der Waals surface area contributed by atoms with Crippen LogP contribution in [0.4, 0.5) is 5.69 Å². The van der Waals surface area contributed by atoms with E-state index in [1.54, 1.807) is 24.3 Å². The van der Waals surface area contributed by atoms with Gasteiger partial charge in [0.15, 0.2) is 0 Å². The molecule has 2 N–H and O–H groups in total. The van der Waals surface area contributed by atoms with Gasteiger partial charge >= 0.3 is 5.97 Å². The van der Waals surface area contributed by atoms with Gasteiger partial charge in [-0.1, -0.05) is 31.2 Å². The molecule has 0 spiro atoms. The Bertz CT molecular complexity index is 1100. The van der Waals surface area contributed by atoms with E-state index in [1.807, 2.05) is 32.3 Å². The number of benzene rings is 2. The van der Waals surface area contributed by atoms with Crippen molar-refractivity contribution >= 4 is 22.9 Å². The van der Waals surface area contributed by atoms with Crippen LogP contribution in [0.3, 0.4) is 0 Å². The van der Waals surface area contributed by atoms with Crippen molar-refractivity contribution in [2.24, 2.45) is 0 Å². The van der Waals surface area contributed by atoms with Crippen molar-refractivity contribution in [3.05, 3.63) is 94.1 Å². The van der Waals surface area contributed by atoms with Crippen LogP contribution >= 0.6 is 0 Å². The van der Waals surface area contributed by atoms with E-state index in [0.29, 0.717) is 5.71 Å². The predicted molar refractivity (Wildman–Crippen MR) is 114 cm³/mol. The van der Waals surface area contributed by atoms with Gasteiger partial charge in [-0.3, -0.25) is 0 Å². The lowest BCUT2D eigenvalue weighted by molar-refractivity contribution is 0.0697. The first-order valence-electron chi connectivity index (χ1n) is 9.25. The molecule has 2 aromatic carbocycles. The van der Waals surface area contributed by atoms with Crippen LogP contribution in [0, 0.1) is 5.41 Å². The second kappa shape index (κ2) is 6.64. The summed E-state index contributed by atoms with van der Waals surface area (Å²) in [5.74, 6) is -0.779. The van der Waals surface area contributed by atoms with Crippen molar-refractivity contribution < 1.29 is 9.90 Å². The molecule has 0 fully saturated rings. The molecule has 2 aromatic rings. The number of nitrogens with zero attached hydrogens (tertiary/aromatic N) is 1. The lowest BCUT2D eigenvalue weighted by Gasteiger charge is -2.32. The highest BCUT2D eigenvalue weighted by molar-refractivity contribution is 6.07. The number of aromatic carboxylic acids is 1. The van der Waals surface area contributed by atoms with Gasteiger partial charge in [-0.05, 0) is 69.8 Å². The second-order valence-corrected chi connectivity index (χ2v) is 7.45. The van der Waals surface area contributed by atoms with Gasteiger partial charge in [0.25, 0.3) is 0 Å². The zero-order valence-electron chi connectivity index (χ0n) is 16.2. The van der Waals surface area contributed by atoms with Crippen molar-refractivity contribution in [1.29, 1.82) is 5.41 Å². The van der Waals surface area contributed by atoms with Crippen LogP contribution in [-0.4, -0.2) is 30.9 Å². The number of nitrogens with one attached hydrogen (secondary N) is 1. The van der Waals surface area contributed by atoms with E-state index in [1.165, 1.54) is 5.56 Å². The molecule has 0 heterocycles. The number of carboxylic acids is 1. The SMILES string of the molecule is CC1C2=CC(=N)C=CC2=C(c2cccc(C(=O)O)c2)c2ccc(N(C)C)cc21. The summed E-state index contributed by atoms with van der Waals surface area (Å²) >= 11 is 0. The molecule has 1 unspecified atom stereocenters. The quantitative estimate of drug-likeness (QED) is 0.809. The van der Waals surface area contributed by atoms with Crippen LogP contribution in [-0.2, 0) is 0 Å². The Hall–Kier alpha value is -3.40.